The fourth-order valence-corrected chi connectivity index (χ4v) is 2.98. The van der Waals surface area contributed by atoms with Crippen LogP contribution in [0, 0.1) is 5.82 Å². The molecule has 1 aromatic carbocycles. The average molecular weight is 290 g/mol. The van der Waals surface area contributed by atoms with Gasteiger partial charge in [0.1, 0.15) is 10.7 Å². The van der Waals surface area contributed by atoms with Crippen molar-refractivity contribution in [1.29, 1.82) is 0 Å². The van der Waals surface area contributed by atoms with Crippen molar-refractivity contribution in [2.24, 2.45) is 0 Å². The maximum Gasteiger partial charge on any atom is 0.243 e. The van der Waals surface area contributed by atoms with Crippen LogP contribution in [0.1, 0.15) is 12.5 Å². The second-order valence-corrected chi connectivity index (χ2v) is 5.96. The van der Waals surface area contributed by atoms with Gasteiger partial charge in [0.15, 0.2) is 0 Å². The van der Waals surface area contributed by atoms with E-state index in [2.05, 4.69) is 10.0 Å². The summed E-state index contributed by atoms with van der Waals surface area (Å²) in [6.45, 7) is 2.35. The summed E-state index contributed by atoms with van der Waals surface area (Å²) in [5.74, 6) is -0.759. The number of benzene rings is 1. The molecule has 1 unspecified atom stereocenters. The predicted molar refractivity (Wildman–Crippen MR) is 70.8 cm³/mol. The van der Waals surface area contributed by atoms with E-state index < -0.39 is 21.9 Å². The van der Waals surface area contributed by atoms with Gasteiger partial charge >= 0.3 is 0 Å². The molecule has 0 amide bonds. The second kappa shape index (κ2) is 6.95. The topological polar surface area (TPSA) is 67.4 Å². The molecule has 0 aliphatic heterocycles. The molecule has 0 bridgehead atoms. The monoisotopic (exact) mass is 290 g/mol. The second-order valence-electron chi connectivity index (χ2n) is 4.27. The first kappa shape index (κ1) is 16.0. The highest BCUT2D eigenvalue weighted by Gasteiger charge is 2.21. The zero-order chi connectivity index (χ0) is 14.5. The summed E-state index contributed by atoms with van der Waals surface area (Å²) in [7, 11) is -0.667. The number of nitrogens with one attached hydrogen (secondary N) is 2. The van der Waals surface area contributed by atoms with E-state index in [1.54, 1.807) is 20.0 Å². The maximum atomic E-state index is 13.8. The SMILES string of the molecule is CNCc1ccc(S(=O)(=O)NC(C)COC)c(F)c1. The third-order valence-corrected chi connectivity index (χ3v) is 4.06. The molecule has 7 heteroatoms. The first-order chi connectivity index (χ1) is 8.90. The summed E-state index contributed by atoms with van der Waals surface area (Å²) in [6, 6.07) is 3.64. The van der Waals surface area contributed by atoms with Crippen molar-refractivity contribution in [3.05, 3.63) is 29.6 Å². The number of ether oxygens (including phenoxy) is 1. The highest BCUT2D eigenvalue weighted by molar-refractivity contribution is 7.89. The van der Waals surface area contributed by atoms with Crippen molar-refractivity contribution in [3.63, 3.8) is 0 Å². The Morgan fingerprint density at radius 1 is 1.42 bits per heavy atom. The molecule has 0 radical (unpaired) electrons. The van der Waals surface area contributed by atoms with Gasteiger partial charge in [0.05, 0.1) is 6.61 Å². The van der Waals surface area contributed by atoms with Crippen molar-refractivity contribution >= 4 is 10.0 Å². The quantitative estimate of drug-likeness (QED) is 0.781. The largest absolute Gasteiger partial charge is 0.383 e. The van der Waals surface area contributed by atoms with Gasteiger partial charge in [-0.05, 0) is 31.7 Å². The molecule has 2 N–H and O–H groups in total. The van der Waals surface area contributed by atoms with Crippen LogP contribution in [0.25, 0.3) is 0 Å². The lowest BCUT2D eigenvalue weighted by Gasteiger charge is -2.14. The van der Waals surface area contributed by atoms with E-state index >= 15 is 0 Å². The van der Waals surface area contributed by atoms with Crippen molar-refractivity contribution in [2.45, 2.75) is 24.4 Å². The third-order valence-electron chi connectivity index (χ3n) is 2.44. The van der Waals surface area contributed by atoms with Crippen LogP contribution >= 0.6 is 0 Å². The van der Waals surface area contributed by atoms with Gasteiger partial charge in [-0.25, -0.2) is 17.5 Å². The average Bonchev–Trinajstić information content (AvgIpc) is 2.28. The van der Waals surface area contributed by atoms with E-state index in [0.717, 1.165) is 0 Å². The van der Waals surface area contributed by atoms with E-state index in [1.165, 1.54) is 19.2 Å². The molecule has 5 nitrogen and oxygen atoms in total. The summed E-state index contributed by atoms with van der Waals surface area (Å²) in [5, 5.41) is 2.87. The molecule has 108 valence electrons. The third kappa shape index (κ3) is 4.54. The van der Waals surface area contributed by atoms with E-state index in [1.807, 2.05) is 0 Å². The molecular weight excluding hydrogens is 271 g/mol. The van der Waals surface area contributed by atoms with Crippen LogP contribution < -0.4 is 10.0 Å². The summed E-state index contributed by atoms with van der Waals surface area (Å²) >= 11 is 0. The minimum absolute atomic E-state index is 0.221. The molecule has 0 saturated heterocycles. The number of methoxy groups -OCH3 is 1. The van der Waals surface area contributed by atoms with Crippen LogP contribution in [0.3, 0.4) is 0 Å². The zero-order valence-corrected chi connectivity index (χ0v) is 12.1. The smallest absolute Gasteiger partial charge is 0.243 e. The molecule has 0 heterocycles. The molecule has 1 aromatic rings. The lowest BCUT2D eigenvalue weighted by Crippen LogP contribution is -2.36. The van der Waals surface area contributed by atoms with Crippen LogP contribution in [0.2, 0.25) is 0 Å². The molecule has 19 heavy (non-hydrogen) atoms. The van der Waals surface area contributed by atoms with Crippen LogP contribution in [-0.4, -0.2) is 35.2 Å². The Kier molecular flexibility index (Phi) is 5.86. The summed E-state index contributed by atoms with van der Waals surface area (Å²) in [6.07, 6.45) is 0. The highest BCUT2D eigenvalue weighted by Crippen LogP contribution is 2.16. The first-order valence-electron chi connectivity index (χ1n) is 5.85. The van der Waals surface area contributed by atoms with Crippen LogP contribution in [0.15, 0.2) is 23.1 Å². The van der Waals surface area contributed by atoms with Crippen molar-refractivity contribution in [3.8, 4) is 0 Å². The summed E-state index contributed by atoms with van der Waals surface area (Å²) in [4.78, 5) is -0.352. The number of hydrogen-bond acceptors (Lipinski definition) is 4. The molecule has 0 fully saturated rings. The Balaban J connectivity index is 2.95. The van der Waals surface area contributed by atoms with Crippen molar-refractivity contribution in [1.82, 2.24) is 10.0 Å². The Bertz CT molecular complexity index is 520. The molecule has 0 saturated carbocycles. The molecular formula is C12H19FN2O3S. The number of sulfonamides is 1. The molecule has 0 aliphatic carbocycles. The molecule has 1 rings (SSSR count). The standard InChI is InChI=1S/C12H19FN2O3S/c1-9(8-18-3)15-19(16,17)12-5-4-10(7-14-2)6-11(12)13/h4-6,9,14-15H,7-8H2,1-3H3. The number of halogens is 1. The maximum absolute atomic E-state index is 13.8. The van der Waals surface area contributed by atoms with E-state index in [4.69, 9.17) is 4.74 Å². The Morgan fingerprint density at radius 3 is 2.63 bits per heavy atom. The van der Waals surface area contributed by atoms with Gasteiger partial charge in [0.2, 0.25) is 10.0 Å². The van der Waals surface area contributed by atoms with Gasteiger partial charge in [0.25, 0.3) is 0 Å². The van der Waals surface area contributed by atoms with Crippen LogP contribution in [0.4, 0.5) is 4.39 Å². The predicted octanol–water partition coefficient (Wildman–Crippen LogP) is 0.858. The lowest BCUT2D eigenvalue weighted by atomic mass is 10.2. The molecule has 1 atom stereocenters. The first-order valence-corrected chi connectivity index (χ1v) is 7.33. The minimum atomic E-state index is -3.87. The number of hydrogen-bond donors (Lipinski definition) is 2. The Labute approximate surface area is 113 Å². The summed E-state index contributed by atoms with van der Waals surface area (Å²) < 4.78 is 45.0. The Hall–Kier alpha value is -1.02. The van der Waals surface area contributed by atoms with Crippen molar-refractivity contribution < 1.29 is 17.5 Å². The fourth-order valence-electron chi connectivity index (χ4n) is 1.69. The molecule has 0 aliphatic rings. The van der Waals surface area contributed by atoms with Crippen molar-refractivity contribution in [2.75, 3.05) is 20.8 Å². The normalized spacial score (nSPS) is 13.5. The van der Waals surface area contributed by atoms with Gasteiger partial charge in [-0.2, -0.15) is 0 Å². The number of rotatable bonds is 7. The lowest BCUT2D eigenvalue weighted by molar-refractivity contribution is 0.180. The molecule has 0 aromatic heterocycles. The van der Waals surface area contributed by atoms with Gasteiger partial charge in [-0.1, -0.05) is 6.07 Å². The van der Waals surface area contributed by atoms with Crippen LogP contribution in [-0.2, 0) is 21.3 Å². The highest BCUT2D eigenvalue weighted by atomic mass is 32.2. The van der Waals surface area contributed by atoms with Crippen LogP contribution in [0.5, 0.6) is 0 Å². The van der Waals surface area contributed by atoms with E-state index in [0.29, 0.717) is 12.1 Å². The van der Waals surface area contributed by atoms with Gasteiger partial charge in [-0.15, -0.1) is 0 Å². The van der Waals surface area contributed by atoms with Gasteiger partial charge < -0.3 is 10.1 Å². The van der Waals surface area contributed by atoms with Gasteiger partial charge in [0, 0.05) is 19.7 Å². The molecule has 0 spiro atoms. The van der Waals surface area contributed by atoms with E-state index in [9.17, 15) is 12.8 Å². The Morgan fingerprint density at radius 2 is 2.11 bits per heavy atom. The minimum Gasteiger partial charge on any atom is -0.383 e. The summed E-state index contributed by atoms with van der Waals surface area (Å²) in [5.41, 5.74) is 0.684. The fraction of sp³-hybridized carbons (Fsp3) is 0.500. The van der Waals surface area contributed by atoms with Gasteiger partial charge in [-0.3, -0.25) is 0 Å². The zero-order valence-electron chi connectivity index (χ0n) is 11.2. The van der Waals surface area contributed by atoms with E-state index in [-0.39, 0.29) is 11.5 Å².